The number of anilines is 1. The molecule has 1 aliphatic heterocycles. The van der Waals surface area contributed by atoms with E-state index in [0.29, 0.717) is 11.7 Å². The Morgan fingerprint density at radius 3 is 2.63 bits per heavy atom. The first-order valence-corrected chi connectivity index (χ1v) is 10.1. The van der Waals surface area contributed by atoms with Crippen LogP contribution in [0.25, 0.3) is 0 Å². The Kier molecular flexibility index (Phi) is 4.72. The summed E-state index contributed by atoms with van der Waals surface area (Å²) in [5.41, 5.74) is 2.90. The van der Waals surface area contributed by atoms with Crippen molar-refractivity contribution in [1.82, 2.24) is 14.9 Å². The normalized spacial score (nSPS) is 18.5. The van der Waals surface area contributed by atoms with Gasteiger partial charge in [0, 0.05) is 23.8 Å². The van der Waals surface area contributed by atoms with Crippen molar-refractivity contribution < 1.29 is 9.52 Å². The number of aromatic hydroxyl groups is 1. The molecule has 2 atom stereocenters. The minimum Gasteiger partial charge on any atom is -0.508 e. The standard InChI is InChI=1S/C23H20N4O2S/c28-17-10-8-16(9-11-17)27-22(21(25-23(27)30)19-6-1-2-12-24-19)20-7-3-13-26(20)15-18-5-4-14-29-18/h1-14,21-22,28H,15H2,(H,25,30). The minimum atomic E-state index is -0.127. The molecule has 0 amide bonds. The lowest BCUT2D eigenvalue weighted by atomic mass is 10.0. The summed E-state index contributed by atoms with van der Waals surface area (Å²) in [4.78, 5) is 6.67. The molecule has 6 nitrogen and oxygen atoms in total. The van der Waals surface area contributed by atoms with Crippen molar-refractivity contribution in [3.8, 4) is 5.75 Å². The fourth-order valence-corrected chi connectivity index (χ4v) is 4.30. The second-order valence-electron chi connectivity index (χ2n) is 7.15. The maximum absolute atomic E-state index is 9.74. The van der Waals surface area contributed by atoms with Crippen LogP contribution in [0.3, 0.4) is 0 Å². The van der Waals surface area contributed by atoms with Gasteiger partial charge in [-0.1, -0.05) is 6.07 Å². The molecular formula is C23H20N4O2S. The highest BCUT2D eigenvalue weighted by Crippen LogP contribution is 2.42. The van der Waals surface area contributed by atoms with E-state index in [1.807, 2.05) is 54.7 Å². The summed E-state index contributed by atoms with van der Waals surface area (Å²) >= 11 is 5.74. The Balaban J connectivity index is 1.60. The number of nitrogens with zero attached hydrogens (tertiary/aromatic N) is 3. The SMILES string of the molecule is Oc1ccc(N2C(=S)NC(c3ccccn3)C2c2cccn2Cc2ccco2)cc1. The predicted molar refractivity (Wildman–Crippen MR) is 118 cm³/mol. The van der Waals surface area contributed by atoms with Gasteiger partial charge in [0.2, 0.25) is 0 Å². The van der Waals surface area contributed by atoms with E-state index in [0.717, 1.165) is 22.8 Å². The number of pyridine rings is 1. The van der Waals surface area contributed by atoms with E-state index in [1.165, 1.54) is 0 Å². The van der Waals surface area contributed by atoms with Crippen LogP contribution in [0.4, 0.5) is 5.69 Å². The summed E-state index contributed by atoms with van der Waals surface area (Å²) < 4.78 is 7.73. The molecule has 1 fully saturated rings. The van der Waals surface area contributed by atoms with Crippen LogP contribution in [0.2, 0.25) is 0 Å². The fourth-order valence-electron chi connectivity index (χ4n) is 3.96. The largest absolute Gasteiger partial charge is 0.508 e. The van der Waals surface area contributed by atoms with Crippen LogP contribution in [0.1, 0.15) is 29.2 Å². The van der Waals surface area contributed by atoms with Gasteiger partial charge in [0.25, 0.3) is 0 Å². The van der Waals surface area contributed by atoms with Gasteiger partial charge in [0.15, 0.2) is 5.11 Å². The maximum atomic E-state index is 9.74. The zero-order valence-corrected chi connectivity index (χ0v) is 16.9. The van der Waals surface area contributed by atoms with Gasteiger partial charge in [0.1, 0.15) is 17.6 Å². The first-order valence-electron chi connectivity index (χ1n) is 9.68. The zero-order chi connectivity index (χ0) is 20.5. The van der Waals surface area contributed by atoms with Crippen LogP contribution in [-0.4, -0.2) is 19.8 Å². The van der Waals surface area contributed by atoms with E-state index < -0.39 is 0 Å². The Hall–Kier alpha value is -3.58. The molecule has 0 aliphatic carbocycles. The number of aromatic nitrogens is 2. The lowest BCUT2D eigenvalue weighted by molar-refractivity contribution is 0.473. The van der Waals surface area contributed by atoms with Gasteiger partial charge in [-0.05, 0) is 72.9 Å². The van der Waals surface area contributed by atoms with Crippen LogP contribution in [0, 0.1) is 0 Å². The highest BCUT2D eigenvalue weighted by molar-refractivity contribution is 7.80. The van der Waals surface area contributed by atoms with E-state index in [-0.39, 0.29) is 17.8 Å². The molecule has 5 rings (SSSR count). The molecular weight excluding hydrogens is 396 g/mol. The number of hydrogen-bond donors (Lipinski definition) is 2. The van der Waals surface area contributed by atoms with Gasteiger partial charge in [-0.2, -0.15) is 0 Å². The van der Waals surface area contributed by atoms with Gasteiger partial charge in [-0.15, -0.1) is 0 Å². The lowest BCUT2D eigenvalue weighted by Crippen LogP contribution is -2.30. The van der Waals surface area contributed by atoms with Crippen LogP contribution in [0.15, 0.2) is 89.8 Å². The molecule has 1 saturated heterocycles. The highest BCUT2D eigenvalue weighted by atomic mass is 32.1. The smallest absolute Gasteiger partial charge is 0.174 e. The highest BCUT2D eigenvalue weighted by Gasteiger charge is 2.42. The number of phenolic OH excluding ortho intramolecular Hbond substituents is 1. The third-order valence-corrected chi connectivity index (χ3v) is 5.61. The van der Waals surface area contributed by atoms with Crippen molar-refractivity contribution in [2.24, 2.45) is 0 Å². The Bertz CT molecular complexity index is 1140. The fraction of sp³-hybridized carbons (Fsp3) is 0.130. The molecule has 0 saturated carbocycles. The lowest BCUT2D eigenvalue weighted by Gasteiger charge is -2.29. The number of rotatable bonds is 5. The third kappa shape index (κ3) is 3.33. The predicted octanol–water partition coefficient (Wildman–Crippen LogP) is 4.41. The number of benzene rings is 1. The number of phenols is 1. The quantitative estimate of drug-likeness (QED) is 0.470. The van der Waals surface area contributed by atoms with E-state index in [9.17, 15) is 5.11 Å². The maximum Gasteiger partial charge on any atom is 0.174 e. The van der Waals surface area contributed by atoms with E-state index >= 15 is 0 Å². The molecule has 0 spiro atoms. The summed E-state index contributed by atoms with van der Waals surface area (Å²) in [5.74, 6) is 1.10. The van der Waals surface area contributed by atoms with Gasteiger partial charge in [-0.25, -0.2) is 0 Å². The molecule has 0 bridgehead atoms. The second-order valence-corrected chi connectivity index (χ2v) is 7.54. The first kappa shape index (κ1) is 18.4. The molecule has 2 unspecified atom stereocenters. The third-order valence-electron chi connectivity index (χ3n) is 5.30. The van der Waals surface area contributed by atoms with Gasteiger partial charge >= 0.3 is 0 Å². The average Bonchev–Trinajstić information content (AvgIpc) is 3.50. The van der Waals surface area contributed by atoms with Crippen molar-refractivity contribution in [3.63, 3.8) is 0 Å². The van der Waals surface area contributed by atoms with E-state index in [4.69, 9.17) is 16.6 Å². The van der Waals surface area contributed by atoms with Crippen LogP contribution < -0.4 is 10.2 Å². The molecule has 30 heavy (non-hydrogen) atoms. The van der Waals surface area contributed by atoms with Crippen molar-refractivity contribution in [2.75, 3.05) is 4.90 Å². The van der Waals surface area contributed by atoms with E-state index in [1.54, 1.807) is 24.6 Å². The molecule has 4 heterocycles. The minimum absolute atomic E-state index is 0.123. The van der Waals surface area contributed by atoms with Crippen LogP contribution in [-0.2, 0) is 6.54 Å². The Morgan fingerprint density at radius 1 is 1.03 bits per heavy atom. The van der Waals surface area contributed by atoms with Gasteiger partial charge in [-0.3, -0.25) is 4.98 Å². The van der Waals surface area contributed by atoms with Gasteiger partial charge in [0.05, 0.1) is 24.5 Å². The molecule has 7 heteroatoms. The summed E-state index contributed by atoms with van der Waals surface area (Å²) in [6, 6.07) is 20.7. The van der Waals surface area contributed by atoms with Gasteiger partial charge < -0.3 is 24.3 Å². The van der Waals surface area contributed by atoms with Crippen molar-refractivity contribution in [3.05, 3.63) is 103 Å². The monoisotopic (exact) mass is 416 g/mol. The summed E-state index contributed by atoms with van der Waals surface area (Å²) in [6.45, 7) is 0.622. The second kappa shape index (κ2) is 7.68. The number of hydrogen-bond acceptors (Lipinski definition) is 4. The average molecular weight is 417 g/mol. The summed E-state index contributed by atoms with van der Waals surface area (Å²) in [6.07, 6.45) is 5.52. The van der Waals surface area contributed by atoms with Crippen LogP contribution >= 0.6 is 12.2 Å². The molecule has 150 valence electrons. The number of thiocarbonyl (C=S) groups is 1. The van der Waals surface area contributed by atoms with Crippen molar-refractivity contribution in [2.45, 2.75) is 18.6 Å². The molecule has 1 aromatic carbocycles. The number of nitrogens with one attached hydrogen (secondary N) is 1. The Morgan fingerprint density at radius 2 is 1.90 bits per heavy atom. The van der Waals surface area contributed by atoms with Crippen molar-refractivity contribution in [1.29, 1.82) is 0 Å². The number of furan rings is 1. The molecule has 3 aromatic heterocycles. The molecule has 0 radical (unpaired) electrons. The topological polar surface area (TPSA) is 66.5 Å². The zero-order valence-electron chi connectivity index (χ0n) is 16.1. The molecule has 2 N–H and O–H groups in total. The van der Waals surface area contributed by atoms with Crippen molar-refractivity contribution >= 4 is 23.0 Å². The van der Waals surface area contributed by atoms with E-state index in [2.05, 4.69) is 25.8 Å². The summed E-state index contributed by atoms with van der Waals surface area (Å²) in [5, 5.41) is 13.8. The summed E-state index contributed by atoms with van der Waals surface area (Å²) in [7, 11) is 0. The Labute approximate surface area is 179 Å². The molecule has 1 aliphatic rings. The first-order chi connectivity index (χ1) is 14.7. The molecule has 4 aromatic rings. The van der Waals surface area contributed by atoms with Crippen LogP contribution in [0.5, 0.6) is 5.75 Å².